The number of fused-ring (bicyclic) bond motifs is 1. The van der Waals surface area contributed by atoms with Crippen LogP contribution >= 0.6 is 0 Å². The van der Waals surface area contributed by atoms with Crippen LogP contribution in [0.5, 0.6) is 0 Å². The number of H-pyrrole nitrogens is 2. The molecule has 0 saturated carbocycles. The smallest absolute Gasteiger partial charge is 0.284 e. The van der Waals surface area contributed by atoms with E-state index in [2.05, 4.69) is 25.4 Å². The van der Waals surface area contributed by atoms with Gasteiger partial charge in [-0.2, -0.15) is 23.4 Å². The Balaban J connectivity index is 1.90. The van der Waals surface area contributed by atoms with Gasteiger partial charge in [-0.25, -0.2) is 13.4 Å². The number of aliphatic imine (C=N–C) groups is 1. The van der Waals surface area contributed by atoms with Crippen LogP contribution < -0.4 is 0 Å². The lowest BCUT2D eigenvalue weighted by molar-refractivity contribution is -0.141. The van der Waals surface area contributed by atoms with Crippen molar-refractivity contribution in [1.29, 1.82) is 0 Å². The summed E-state index contributed by atoms with van der Waals surface area (Å²) in [5.74, 6) is -0.414. The molecule has 0 saturated heterocycles. The number of hydrogen-bond donors (Lipinski definition) is 2. The largest absolute Gasteiger partial charge is 0.435 e. The minimum Gasteiger partial charge on any atom is -0.284 e. The van der Waals surface area contributed by atoms with E-state index >= 15 is 0 Å². The number of aromatic nitrogens is 4. The van der Waals surface area contributed by atoms with Crippen molar-refractivity contribution in [2.24, 2.45) is 4.99 Å². The highest BCUT2D eigenvalue weighted by Gasteiger charge is 2.38. The molecular weight excluding hydrogens is 407 g/mol. The molecule has 0 fully saturated rings. The Labute approximate surface area is 163 Å². The van der Waals surface area contributed by atoms with Gasteiger partial charge in [-0.05, 0) is 37.1 Å². The van der Waals surface area contributed by atoms with Crippen LogP contribution in [0.25, 0.3) is 10.9 Å². The molecule has 7 nitrogen and oxygen atoms in total. The van der Waals surface area contributed by atoms with E-state index in [1.165, 1.54) is 0 Å². The van der Waals surface area contributed by atoms with E-state index in [4.69, 9.17) is 0 Å². The third-order valence-corrected chi connectivity index (χ3v) is 6.25. The van der Waals surface area contributed by atoms with Gasteiger partial charge in [0.25, 0.3) is 0 Å². The van der Waals surface area contributed by atoms with Gasteiger partial charge in [0.15, 0.2) is 15.5 Å². The normalized spacial score (nSPS) is 17.5. The maximum atomic E-state index is 13.4. The SMILES string of the molecule is Cc1n[nH]c2ccc(/N=C(\C3=CCCS(=O)(=O)C3)c3c[nH]nc3C(F)(F)F)cc12. The molecule has 0 amide bonds. The van der Waals surface area contributed by atoms with Gasteiger partial charge in [0, 0.05) is 11.6 Å². The third kappa shape index (κ3) is 3.82. The molecule has 2 N–H and O–H groups in total. The third-order valence-electron chi connectivity index (χ3n) is 4.64. The summed E-state index contributed by atoms with van der Waals surface area (Å²) < 4.78 is 64.5. The summed E-state index contributed by atoms with van der Waals surface area (Å²) in [6.07, 6.45) is -1.79. The average molecular weight is 423 g/mol. The first-order valence-corrected chi connectivity index (χ1v) is 10.5. The minimum atomic E-state index is -4.71. The highest BCUT2D eigenvalue weighted by atomic mass is 32.2. The Hall–Kier alpha value is -2.95. The van der Waals surface area contributed by atoms with Crippen LogP contribution in [0.4, 0.5) is 18.9 Å². The Kier molecular flexibility index (Phi) is 4.56. The molecule has 0 atom stereocenters. The van der Waals surface area contributed by atoms with Crippen LogP contribution in [0.3, 0.4) is 0 Å². The predicted molar refractivity (Wildman–Crippen MR) is 102 cm³/mol. The van der Waals surface area contributed by atoms with Crippen molar-refractivity contribution in [3.8, 4) is 0 Å². The number of aryl methyl sites for hydroxylation is 1. The number of nitrogens with one attached hydrogen (secondary N) is 2. The highest BCUT2D eigenvalue weighted by molar-refractivity contribution is 7.91. The number of benzene rings is 1. The fourth-order valence-corrected chi connectivity index (χ4v) is 4.62. The van der Waals surface area contributed by atoms with E-state index in [1.54, 1.807) is 31.2 Å². The first-order chi connectivity index (χ1) is 13.6. The number of nitrogens with zero attached hydrogens (tertiary/aromatic N) is 3. The number of allylic oxidation sites excluding steroid dienone is 1. The Bertz CT molecular complexity index is 1250. The molecule has 152 valence electrons. The van der Waals surface area contributed by atoms with Crippen LogP contribution in [-0.2, 0) is 16.0 Å². The molecule has 0 unspecified atom stereocenters. The molecule has 0 aliphatic carbocycles. The summed E-state index contributed by atoms with van der Waals surface area (Å²) in [7, 11) is -3.42. The van der Waals surface area contributed by atoms with Gasteiger partial charge in [-0.3, -0.25) is 10.2 Å². The molecule has 0 bridgehead atoms. The number of rotatable bonds is 3. The van der Waals surface area contributed by atoms with E-state index in [9.17, 15) is 21.6 Å². The fourth-order valence-electron chi connectivity index (χ4n) is 3.27. The molecular formula is C18H16F3N5O2S. The second kappa shape index (κ2) is 6.83. The summed E-state index contributed by atoms with van der Waals surface area (Å²) in [6, 6.07) is 5.04. The molecule has 4 rings (SSSR count). The molecule has 11 heteroatoms. The van der Waals surface area contributed by atoms with Crippen LogP contribution in [0.15, 0.2) is 41.0 Å². The molecule has 3 heterocycles. The van der Waals surface area contributed by atoms with Gasteiger partial charge in [0.05, 0.1) is 39.7 Å². The molecule has 0 radical (unpaired) electrons. The lowest BCUT2D eigenvalue weighted by Gasteiger charge is -2.17. The topological polar surface area (TPSA) is 104 Å². The Morgan fingerprint density at radius 1 is 1.24 bits per heavy atom. The van der Waals surface area contributed by atoms with E-state index in [0.29, 0.717) is 5.69 Å². The van der Waals surface area contributed by atoms with Crippen LogP contribution in [0, 0.1) is 6.92 Å². The van der Waals surface area contributed by atoms with Gasteiger partial charge >= 0.3 is 6.18 Å². The number of sulfone groups is 1. The van der Waals surface area contributed by atoms with Crippen molar-refractivity contribution in [2.45, 2.75) is 19.5 Å². The molecule has 2 aromatic heterocycles. The zero-order chi connectivity index (χ0) is 20.8. The first kappa shape index (κ1) is 19.4. The maximum absolute atomic E-state index is 13.4. The molecule has 29 heavy (non-hydrogen) atoms. The van der Waals surface area contributed by atoms with E-state index in [1.807, 2.05) is 0 Å². The van der Waals surface area contributed by atoms with Gasteiger partial charge < -0.3 is 0 Å². The number of aromatic amines is 2. The predicted octanol–water partition coefficient (Wildman–Crippen LogP) is 3.48. The standard InChI is InChI=1S/C18H16F3N5O2S/c1-10-13-7-12(4-5-15(13)25-24-10)23-16(11-3-2-6-29(27,28)9-11)14-8-22-26-17(14)18(19,20)21/h3-5,7-8H,2,6,9H2,1H3,(H,22,26)(H,24,25)/b23-16+. The number of hydrogen-bond acceptors (Lipinski definition) is 5. The number of alkyl halides is 3. The van der Waals surface area contributed by atoms with Crippen molar-refractivity contribution < 1.29 is 21.6 Å². The van der Waals surface area contributed by atoms with Crippen molar-refractivity contribution in [1.82, 2.24) is 20.4 Å². The quantitative estimate of drug-likeness (QED) is 0.630. The van der Waals surface area contributed by atoms with Crippen LogP contribution in [-0.4, -0.2) is 46.0 Å². The average Bonchev–Trinajstić information content (AvgIpc) is 3.26. The monoisotopic (exact) mass is 423 g/mol. The molecule has 1 aliphatic rings. The first-order valence-electron chi connectivity index (χ1n) is 8.69. The van der Waals surface area contributed by atoms with E-state index < -0.39 is 21.7 Å². The molecule has 1 aliphatic heterocycles. The Morgan fingerprint density at radius 3 is 2.76 bits per heavy atom. The zero-order valence-corrected chi connectivity index (χ0v) is 16.0. The highest BCUT2D eigenvalue weighted by Crippen LogP contribution is 2.33. The van der Waals surface area contributed by atoms with E-state index in [-0.39, 0.29) is 34.8 Å². The molecule has 3 aromatic rings. The summed E-state index contributed by atoms with van der Waals surface area (Å²) in [4.78, 5) is 4.42. The maximum Gasteiger partial charge on any atom is 0.435 e. The lowest BCUT2D eigenvalue weighted by atomic mass is 10.0. The van der Waals surface area contributed by atoms with Gasteiger partial charge in [-0.15, -0.1) is 0 Å². The summed E-state index contributed by atoms with van der Waals surface area (Å²) in [5.41, 5.74) is 0.613. The zero-order valence-electron chi connectivity index (χ0n) is 15.2. The van der Waals surface area contributed by atoms with Crippen molar-refractivity contribution in [2.75, 3.05) is 11.5 Å². The van der Waals surface area contributed by atoms with Crippen LogP contribution in [0.2, 0.25) is 0 Å². The number of halogens is 3. The van der Waals surface area contributed by atoms with Crippen molar-refractivity contribution in [3.05, 3.63) is 53.0 Å². The fraction of sp³-hybridized carbons (Fsp3) is 0.278. The van der Waals surface area contributed by atoms with Crippen molar-refractivity contribution >= 4 is 32.1 Å². The summed E-state index contributed by atoms with van der Waals surface area (Å²) in [5, 5.41) is 13.3. The second-order valence-electron chi connectivity index (χ2n) is 6.75. The minimum absolute atomic E-state index is 0.0402. The summed E-state index contributed by atoms with van der Waals surface area (Å²) in [6.45, 7) is 1.79. The second-order valence-corrected chi connectivity index (χ2v) is 8.94. The molecule has 0 spiro atoms. The molecule has 1 aromatic carbocycles. The Morgan fingerprint density at radius 2 is 2.03 bits per heavy atom. The lowest BCUT2D eigenvalue weighted by Crippen LogP contribution is -2.23. The van der Waals surface area contributed by atoms with Gasteiger partial charge in [0.1, 0.15) is 0 Å². The summed E-state index contributed by atoms with van der Waals surface area (Å²) >= 11 is 0. The van der Waals surface area contributed by atoms with Crippen molar-refractivity contribution in [3.63, 3.8) is 0 Å². The van der Waals surface area contributed by atoms with E-state index in [0.717, 1.165) is 22.8 Å². The van der Waals surface area contributed by atoms with Gasteiger partial charge in [-0.1, -0.05) is 6.08 Å². The van der Waals surface area contributed by atoms with Gasteiger partial charge in [0.2, 0.25) is 0 Å². The van der Waals surface area contributed by atoms with Crippen LogP contribution in [0.1, 0.15) is 23.4 Å².